The van der Waals surface area contributed by atoms with Gasteiger partial charge in [0.1, 0.15) is 11.6 Å². The maximum Gasteiger partial charge on any atom is 0.251 e. The minimum atomic E-state index is -0.0363. The molecule has 21 heavy (non-hydrogen) atoms. The van der Waals surface area contributed by atoms with E-state index < -0.39 is 0 Å². The second-order valence-corrected chi connectivity index (χ2v) is 5.38. The van der Waals surface area contributed by atoms with Crippen molar-refractivity contribution in [2.24, 2.45) is 0 Å². The predicted molar refractivity (Wildman–Crippen MR) is 79.5 cm³/mol. The highest BCUT2D eigenvalue weighted by molar-refractivity contribution is 5.94. The van der Waals surface area contributed by atoms with Crippen molar-refractivity contribution in [1.82, 2.24) is 14.9 Å². The van der Waals surface area contributed by atoms with Gasteiger partial charge in [-0.05, 0) is 37.1 Å². The number of aryl methyl sites for hydroxylation is 2. The first-order valence-electron chi connectivity index (χ1n) is 7.13. The highest BCUT2D eigenvalue weighted by atomic mass is 16.5. The molecule has 0 fully saturated rings. The third-order valence-electron chi connectivity index (χ3n) is 3.94. The number of ether oxygens (including phenoxy) is 1. The lowest BCUT2D eigenvalue weighted by molar-refractivity contribution is 0.0930. The quantitative estimate of drug-likeness (QED) is 0.937. The topological polar surface area (TPSA) is 56.1 Å². The van der Waals surface area contributed by atoms with Crippen molar-refractivity contribution in [3.05, 3.63) is 47.5 Å². The molecule has 0 bridgehead atoms. The summed E-state index contributed by atoms with van der Waals surface area (Å²) >= 11 is 0. The number of carbonyl (C=O) groups excluding carboxylic acids is 1. The van der Waals surface area contributed by atoms with E-state index in [1.807, 2.05) is 31.5 Å². The summed E-state index contributed by atoms with van der Waals surface area (Å²) in [6, 6.07) is 5.63. The number of carbonyl (C=O) groups is 1. The summed E-state index contributed by atoms with van der Waals surface area (Å²) in [5, 5.41) is 3.10. The van der Waals surface area contributed by atoms with Gasteiger partial charge in [0.2, 0.25) is 0 Å². The SMILES string of the molecule is COc1ccc(C(=O)NC2CCn3ccnc3C2)cc1C. The van der Waals surface area contributed by atoms with E-state index in [1.54, 1.807) is 13.2 Å². The molecule has 0 saturated heterocycles. The molecule has 5 heteroatoms. The molecule has 2 aromatic rings. The summed E-state index contributed by atoms with van der Waals surface area (Å²) in [5.74, 6) is 1.80. The normalized spacial score (nSPS) is 17.1. The van der Waals surface area contributed by atoms with Gasteiger partial charge in [0, 0.05) is 37.0 Å². The second kappa shape index (κ2) is 5.60. The molecule has 0 aliphatic carbocycles. The lowest BCUT2D eigenvalue weighted by Gasteiger charge is -2.24. The Hall–Kier alpha value is -2.30. The first-order valence-corrected chi connectivity index (χ1v) is 7.13. The van der Waals surface area contributed by atoms with Crippen molar-refractivity contribution >= 4 is 5.91 Å². The fourth-order valence-electron chi connectivity index (χ4n) is 2.76. The molecule has 0 radical (unpaired) electrons. The maximum absolute atomic E-state index is 12.3. The molecular weight excluding hydrogens is 266 g/mol. The molecule has 0 spiro atoms. The van der Waals surface area contributed by atoms with Gasteiger partial charge in [-0.1, -0.05) is 0 Å². The molecule has 110 valence electrons. The maximum atomic E-state index is 12.3. The zero-order valence-electron chi connectivity index (χ0n) is 12.3. The smallest absolute Gasteiger partial charge is 0.251 e. The highest BCUT2D eigenvalue weighted by Crippen LogP contribution is 2.19. The van der Waals surface area contributed by atoms with Gasteiger partial charge in [-0.15, -0.1) is 0 Å². The first-order chi connectivity index (χ1) is 10.2. The summed E-state index contributed by atoms with van der Waals surface area (Å²) in [6.07, 6.45) is 5.52. The fourth-order valence-corrected chi connectivity index (χ4v) is 2.76. The molecular formula is C16H19N3O2. The molecule has 1 aliphatic heterocycles. The van der Waals surface area contributed by atoms with Gasteiger partial charge in [-0.25, -0.2) is 4.98 Å². The molecule has 1 aliphatic rings. The minimum Gasteiger partial charge on any atom is -0.496 e. The predicted octanol–water partition coefficient (Wildman–Crippen LogP) is 1.94. The average molecular weight is 285 g/mol. The van der Waals surface area contributed by atoms with Crippen molar-refractivity contribution < 1.29 is 9.53 Å². The fraction of sp³-hybridized carbons (Fsp3) is 0.375. The van der Waals surface area contributed by atoms with Crippen LogP contribution in [-0.4, -0.2) is 28.6 Å². The molecule has 0 saturated carbocycles. The second-order valence-electron chi connectivity index (χ2n) is 5.38. The van der Waals surface area contributed by atoms with Crippen molar-refractivity contribution in [2.75, 3.05) is 7.11 Å². The van der Waals surface area contributed by atoms with Gasteiger partial charge < -0.3 is 14.6 Å². The van der Waals surface area contributed by atoms with Gasteiger partial charge in [0.25, 0.3) is 5.91 Å². The molecule has 2 heterocycles. The molecule has 1 unspecified atom stereocenters. The van der Waals surface area contributed by atoms with Gasteiger partial charge >= 0.3 is 0 Å². The van der Waals surface area contributed by atoms with Gasteiger partial charge in [-0.3, -0.25) is 4.79 Å². The lowest BCUT2D eigenvalue weighted by atomic mass is 10.0. The standard InChI is InChI=1S/C16H19N3O2/c1-11-9-12(3-4-14(11)21-2)16(20)18-13-5-7-19-8-6-17-15(19)10-13/h3-4,6,8-9,13H,5,7,10H2,1-2H3,(H,18,20). The minimum absolute atomic E-state index is 0.0363. The monoisotopic (exact) mass is 285 g/mol. The number of nitrogens with zero attached hydrogens (tertiary/aromatic N) is 2. The Balaban J connectivity index is 1.68. The molecule has 1 aromatic carbocycles. The van der Waals surface area contributed by atoms with E-state index in [1.165, 1.54) is 0 Å². The van der Waals surface area contributed by atoms with Crippen LogP contribution >= 0.6 is 0 Å². The van der Waals surface area contributed by atoms with Crippen LogP contribution < -0.4 is 10.1 Å². The summed E-state index contributed by atoms with van der Waals surface area (Å²) in [4.78, 5) is 16.7. The summed E-state index contributed by atoms with van der Waals surface area (Å²) in [7, 11) is 1.63. The van der Waals surface area contributed by atoms with E-state index in [9.17, 15) is 4.79 Å². The van der Waals surface area contributed by atoms with Crippen molar-refractivity contribution in [1.29, 1.82) is 0 Å². The van der Waals surface area contributed by atoms with Crippen molar-refractivity contribution in [2.45, 2.75) is 32.4 Å². The summed E-state index contributed by atoms with van der Waals surface area (Å²) in [5.41, 5.74) is 1.63. The third-order valence-corrected chi connectivity index (χ3v) is 3.94. The average Bonchev–Trinajstić information content (AvgIpc) is 2.94. The number of aromatic nitrogens is 2. The number of rotatable bonds is 3. The van der Waals surface area contributed by atoms with E-state index >= 15 is 0 Å². The van der Waals surface area contributed by atoms with Gasteiger partial charge in [0.15, 0.2) is 0 Å². The molecule has 5 nitrogen and oxygen atoms in total. The number of imidazole rings is 1. The zero-order valence-corrected chi connectivity index (χ0v) is 12.3. The Morgan fingerprint density at radius 2 is 2.33 bits per heavy atom. The first kappa shape index (κ1) is 13.7. The Kier molecular flexibility index (Phi) is 3.64. The van der Waals surface area contributed by atoms with Crippen LogP contribution in [0.2, 0.25) is 0 Å². The zero-order chi connectivity index (χ0) is 14.8. The molecule has 1 aromatic heterocycles. The van der Waals surface area contributed by atoms with Crippen molar-refractivity contribution in [3.8, 4) is 5.75 Å². The third kappa shape index (κ3) is 2.77. The van der Waals surface area contributed by atoms with Crippen LogP contribution in [0.4, 0.5) is 0 Å². The van der Waals surface area contributed by atoms with E-state index in [-0.39, 0.29) is 11.9 Å². The van der Waals surface area contributed by atoms with Crippen LogP contribution in [0.15, 0.2) is 30.6 Å². The van der Waals surface area contributed by atoms with Crippen LogP contribution in [0.5, 0.6) is 5.75 Å². The van der Waals surface area contributed by atoms with Crippen LogP contribution in [0.25, 0.3) is 0 Å². The number of fused-ring (bicyclic) bond motifs is 1. The van der Waals surface area contributed by atoms with Crippen LogP contribution in [0.1, 0.15) is 28.2 Å². The number of nitrogens with one attached hydrogen (secondary N) is 1. The van der Waals surface area contributed by atoms with E-state index in [0.717, 1.165) is 36.5 Å². The molecule has 1 N–H and O–H groups in total. The van der Waals surface area contributed by atoms with Crippen LogP contribution in [0, 0.1) is 6.92 Å². The van der Waals surface area contributed by atoms with E-state index in [4.69, 9.17) is 4.74 Å². The molecule has 3 rings (SSSR count). The molecule has 1 amide bonds. The number of methoxy groups -OCH3 is 1. The Bertz CT molecular complexity index is 663. The largest absolute Gasteiger partial charge is 0.496 e. The Morgan fingerprint density at radius 3 is 3.10 bits per heavy atom. The number of benzene rings is 1. The summed E-state index contributed by atoms with van der Waals surface area (Å²) in [6.45, 7) is 2.84. The lowest BCUT2D eigenvalue weighted by Crippen LogP contribution is -2.40. The Morgan fingerprint density at radius 1 is 1.48 bits per heavy atom. The number of amides is 1. The Labute approximate surface area is 124 Å². The van der Waals surface area contributed by atoms with Crippen LogP contribution in [-0.2, 0) is 13.0 Å². The van der Waals surface area contributed by atoms with E-state index in [0.29, 0.717) is 5.56 Å². The van der Waals surface area contributed by atoms with Crippen molar-refractivity contribution in [3.63, 3.8) is 0 Å². The van der Waals surface area contributed by atoms with E-state index in [2.05, 4.69) is 14.9 Å². The highest BCUT2D eigenvalue weighted by Gasteiger charge is 2.21. The number of hydrogen-bond acceptors (Lipinski definition) is 3. The van der Waals surface area contributed by atoms with Crippen LogP contribution in [0.3, 0.4) is 0 Å². The summed E-state index contributed by atoms with van der Waals surface area (Å²) < 4.78 is 7.36. The molecule has 1 atom stereocenters. The number of hydrogen-bond donors (Lipinski definition) is 1. The van der Waals surface area contributed by atoms with Gasteiger partial charge in [0.05, 0.1) is 7.11 Å². The van der Waals surface area contributed by atoms with Gasteiger partial charge in [-0.2, -0.15) is 0 Å².